The molecule has 1 saturated heterocycles. The molecule has 32 heavy (non-hydrogen) atoms. The lowest BCUT2D eigenvalue weighted by Crippen LogP contribution is -2.42. The second-order valence-electron chi connectivity index (χ2n) is 8.27. The number of imidazole rings is 1. The highest BCUT2D eigenvalue weighted by atomic mass is 32.2. The molecule has 1 atom stereocenters. The Morgan fingerprint density at radius 2 is 2.00 bits per heavy atom. The zero-order valence-corrected chi connectivity index (χ0v) is 20.2. The van der Waals surface area contributed by atoms with E-state index in [-0.39, 0.29) is 29.2 Å². The number of nitrogens with zero attached hydrogens (tertiary/aromatic N) is 4. The van der Waals surface area contributed by atoms with Crippen molar-refractivity contribution in [3.05, 3.63) is 47.7 Å². The van der Waals surface area contributed by atoms with Gasteiger partial charge in [-0.2, -0.15) is 5.10 Å². The summed E-state index contributed by atoms with van der Waals surface area (Å²) in [5.41, 5.74) is 4.73. The molecule has 3 aromatic rings. The van der Waals surface area contributed by atoms with Crippen molar-refractivity contribution in [1.82, 2.24) is 19.5 Å². The largest absolute Gasteiger partial charge is 0.338 e. The summed E-state index contributed by atoms with van der Waals surface area (Å²) in [6.45, 7) is 6.55. The smallest absolute Gasteiger partial charge is 0.233 e. The van der Waals surface area contributed by atoms with Gasteiger partial charge in [-0.3, -0.25) is 4.79 Å². The van der Waals surface area contributed by atoms with Crippen LogP contribution in [0.5, 0.6) is 0 Å². The van der Waals surface area contributed by atoms with Gasteiger partial charge in [0, 0.05) is 18.2 Å². The third kappa shape index (κ3) is 4.68. The number of sulfone groups is 1. The molecule has 0 bridgehead atoms. The quantitative estimate of drug-likeness (QED) is 0.489. The molecule has 3 heterocycles. The van der Waals surface area contributed by atoms with E-state index in [0.29, 0.717) is 18.1 Å². The molecule has 170 valence electrons. The molecule has 1 aromatic carbocycles. The van der Waals surface area contributed by atoms with E-state index in [0.717, 1.165) is 34.5 Å². The van der Waals surface area contributed by atoms with Gasteiger partial charge in [-0.05, 0) is 38.3 Å². The molecule has 0 N–H and O–H groups in total. The maximum absolute atomic E-state index is 13.1. The number of carbonyl (C=O) groups excluding carboxylic acids is 1. The summed E-state index contributed by atoms with van der Waals surface area (Å²) in [6, 6.07) is 11.8. The van der Waals surface area contributed by atoms with E-state index in [4.69, 9.17) is 4.98 Å². The van der Waals surface area contributed by atoms with Gasteiger partial charge in [0.05, 0.1) is 34.2 Å². The number of amides is 1. The molecule has 1 aliphatic rings. The van der Waals surface area contributed by atoms with Crippen molar-refractivity contribution in [2.45, 2.75) is 44.8 Å². The Bertz CT molecular complexity index is 1240. The summed E-state index contributed by atoms with van der Waals surface area (Å²) in [5, 5.41) is 5.33. The van der Waals surface area contributed by atoms with Crippen LogP contribution in [0, 0.1) is 13.8 Å². The first-order valence-corrected chi connectivity index (χ1v) is 13.6. The van der Waals surface area contributed by atoms with Crippen LogP contribution in [0.15, 0.2) is 41.6 Å². The number of benzene rings is 1. The monoisotopic (exact) mass is 472 g/mol. The SMILES string of the molecule is CCCN(C(=O)CSc1nc(-c2ccccc2)c2c(C)cc(C)nn12)C1CCS(=O)(=O)C1. The lowest BCUT2D eigenvalue weighted by molar-refractivity contribution is -0.130. The number of thioether (sulfide) groups is 1. The molecule has 7 nitrogen and oxygen atoms in total. The molecule has 1 aliphatic heterocycles. The van der Waals surface area contributed by atoms with Gasteiger partial charge >= 0.3 is 0 Å². The number of rotatable bonds is 7. The normalized spacial score (nSPS) is 17.7. The lowest BCUT2D eigenvalue weighted by atomic mass is 10.1. The van der Waals surface area contributed by atoms with E-state index in [9.17, 15) is 13.2 Å². The fraction of sp³-hybridized carbons (Fsp3) is 0.435. The standard InChI is InChI=1S/C23H28N4O3S2/c1-4-11-26(19-10-12-32(29,30)15-19)20(28)14-31-23-24-21(18-8-6-5-7-9-18)22-16(2)13-17(3)25-27(22)23/h5-9,13,19H,4,10-12,14-15H2,1-3H3. The third-order valence-corrected chi connectivity index (χ3v) is 8.35. The summed E-state index contributed by atoms with van der Waals surface area (Å²) in [4.78, 5) is 19.7. The Morgan fingerprint density at radius 1 is 1.25 bits per heavy atom. The summed E-state index contributed by atoms with van der Waals surface area (Å²) in [5.74, 6) is 0.361. The molecular weight excluding hydrogens is 444 g/mol. The van der Waals surface area contributed by atoms with Gasteiger partial charge < -0.3 is 4.90 Å². The maximum atomic E-state index is 13.1. The van der Waals surface area contributed by atoms with E-state index >= 15 is 0 Å². The van der Waals surface area contributed by atoms with Gasteiger partial charge in [0.15, 0.2) is 15.0 Å². The molecule has 0 aliphatic carbocycles. The van der Waals surface area contributed by atoms with Gasteiger partial charge in [0.1, 0.15) is 0 Å². The number of aryl methyl sites for hydroxylation is 2. The highest BCUT2D eigenvalue weighted by Gasteiger charge is 2.34. The Labute approximate surface area is 193 Å². The van der Waals surface area contributed by atoms with Crippen LogP contribution in [0.3, 0.4) is 0 Å². The van der Waals surface area contributed by atoms with Crippen LogP contribution < -0.4 is 0 Å². The van der Waals surface area contributed by atoms with Crippen LogP contribution >= 0.6 is 11.8 Å². The van der Waals surface area contributed by atoms with E-state index < -0.39 is 9.84 Å². The maximum Gasteiger partial charge on any atom is 0.233 e. The zero-order valence-electron chi connectivity index (χ0n) is 18.6. The second-order valence-corrected chi connectivity index (χ2v) is 11.4. The molecule has 9 heteroatoms. The van der Waals surface area contributed by atoms with E-state index in [1.165, 1.54) is 11.8 Å². The second kappa shape index (κ2) is 9.23. The average Bonchev–Trinajstić information content (AvgIpc) is 3.30. The van der Waals surface area contributed by atoms with Crippen molar-refractivity contribution in [2.24, 2.45) is 0 Å². The molecule has 2 aromatic heterocycles. The number of fused-ring (bicyclic) bond motifs is 1. The Kier molecular flexibility index (Phi) is 6.57. The Hall–Kier alpha value is -2.39. The molecule has 0 saturated carbocycles. The first-order valence-electron chi connectivity index (χ1n) is 10.8. The molecular formula is C23H28N4O3S2. The van der Waals surface area contributed by atoms with Crippen molar-refractivity contribution >= 4 is 33.0 Å². The van der Waals surface area contributed by atoms with Crippen molar-refractivity contribution in [3.8, 4) is 11.3 Å². The minimum Gasteiger partial charge on any atom is -0.338 e. The van der Waals surface area contributed by atoms with Gasteiger partial charge in [-0.25, -0.2) is 17.9 Å². The zero-order chi connectivity index (χ0) is 22.9. The average molecular weight is 473 g/mol. The van der Waals surface area contributed by atoms with Gasteiger partial charge in [0.2, 0.25) is 5.91 Å². The predicted molar refractivity (Wildman–Crippen MR) is 128 cm³/mol. The number of carbonyl (C=O) groups is 1. The van der Waals surface area contributed by atoms with Crippen LogP contribution in [-0.2, 0) is 14.6 Å². The fourth-order valence-electron chi connectivity index (χ4n) is 4.28. The van der Waals surface area contributed by atoms with Gasteiger partial charge in [-0.15, -0.1) is 0 Å². The van der Waals surface area contributed by atoms with E-state index in [2.05, 4.69) is 5.10 Å². The minimum absolute atomic E-state index is 0.0543. The van der Waals surface area contributed by atoms with Crippen molar-refractivity contribution in [3.63, 3.8) is 0 Å². The van der Waals surface area contributed by atoms with Crippen LogP contribution in [0.2, 0.25) is 0 Å². The highest BCUT2D eigenvalue weighted by molar-refractivity contribution is 7.99. The van der Waals surface area contributed by atoms with Crippen LogP contribution in [0.1, 0.15) is 31.0 Å². The minimum atomic E-state index is -3.05. The van der Waals surface area contributed by atoms with Crippen LogP contribution in [-0.4, -0.2) is 63.7 Å². The summed E-state index contributed by atoms with van der Waals surface area (Å²) >= 11 is 1.35. The van der Waals surface area contributed by atoms with Crippen LogP contribution in [0.4, 0.5) is 0 Å². The number of hydrogen-bond donors (Lipinski definition) is 0. The summed E-state index contributed by atoms with van der Waals surface area (Å²) in [6.07, 6.45) is 1.31. The summed E-state index contributed by atoms with van der Waals surface area (Å²) in [7, 11) is -3.05. The van der Waals surface area contributed by atoms with Crippen LogP contribution in [0.25, 0.3) is 16.8 Å². The topological polar surface area (TPSA) is 84.6 Å². The van der Waals surface area contributed by atoms with Gasteiger partial charge in [0.25, 0.3) is 0 Å². The van der Waals surface area contributed by atoms with E-state index in [1.807, 2.05) is 61.7 Å². The highest BCUT2D eigenvalue weighted by Crippen LogP contribution is 2.31. The third-order valence-electron chi connectivity index (χ3n) is 5.69. The lowest BCUT2D eigenvalue weighted by Gasteiger charge is -2.27. The molecule has 1 unspecified atom stereocenters. The van der Waals surface area contributed by atoms with Crippen molar-refractivity contribution < 1.29 is 13.2 Å². The summed E-state index contributed by atoms with van der Waals surface area (Å²) < 4.78 is 25.7. The molecule has 0 radical (unpaired) electrons. The molecule has 1 amide bonds. The Morgan fingerprint density at radius 3 is 2.66 bits per heavy atom. The first-order chi connectivity index (χ1) is 15.3. The number of aromatic nitrogens is 3. The molecule has 1 fully saturated rings. The van der Waals surface area contributed by atoms with Crippen molar-refractivity contribution in [2.75, 3.05) is 23.8 Å². The van der Waals surface area contributed by atoms with E-state index in [1.54, 1.807) is 4.90 Å². The number of hydrogen-bond acceptors (Lipinski definition) is 6. The van der Waals surface area contributed by atoms with Crippen molar-refractivity contribution in [1.29, 1.82) is 0 Å². The predicted octanol–water partition coefficient (Wildman–Crippen LogP) is 3.53. The molecule has 4 rings (SSSR count). The molecule has 0 spiro atoms. The first kappa shape index (κ1) is 22.8. The Balaban J connectivity index is 1.62. The fourth-order valence-corrected chi connectivity index (χ4v) is 6.84. The van der Waals surface area contributed by atoms with Gasteiger partial charge in [-0.1, -0.05) is 49.0 Å².